The summed E-state index contributed by atoms with van der Waals surface area (Å²) in [4.78, 5) is 41.2. The molecule has 0 atom stereocenters. The number of aromatic nitrogens is 3. The molecule has 134 valence electrons. The van der Waals surface area contributed by atoms with Gasteiger partial charge in [-0.15, -0.1) is 0 Å². The van der Waals surface area contributed by atoms with Crippen molar-refractivity contribution in [3.63, 3.8) is 0 Å². The molecule has 0 aliphatic carbocycles. The smallest absolute Gasteiger partial charge is 0.332 e. The van der Waals surface area contributed by atoms with E-state index in [-0.39, 0.29) is 16.9 Å². The van der Waals surface area contributed by atoms with Crippen LogP contribution < -0.4 is 21.3 Å². The first-order valence-corrected chi connectivity index (χ1v) is 8.03. The lowest BCUT2D eigenvalue weighted by Gasteiger charge is -2.11. The van der Waals surface area contributed by atoms with Gasteiger partial charge in [-0.05, 0) is 37.3 Å². The molecule has 1 aromatic carbocycles. The Kier molecular flexibility index (Phi) is 4.57. The standard InChI is InChI=1S/C18H18N4O4/c1-4-26-12-7-5-11(6-8-12)16(23)20-13-9-10-19-15-14(13)17(24)22(3)18(25)21(15)2/h5-10H,4H2,1-3H3,(H,19,20,23). The minimum atomic E-state index is -0.516. The summed E-state index contributed by atoms with van der Waals surface area (Å²) >= 11 is 0. The van der Waals surface area contributed by atoms with Crippen LogP contribution in [0.5, 0.6) is 5.75 Å². The van der Waals surface area contributed by atoms with Gasteiger partial charge in [0, 0.05) is 25.9 Å². The monoisotopic (exact) mass is 354 g/mol. The Hall–Kier alpha value is -3.42. The summed E-state index contributed by atoms with van der Waals surface area (Å²) in [6.07, 6.45) is 1.44. The number of fused-ring (bicyclic) bond motifs is 1. The van der Waals surface area contributed by atoms with Crippen LogP contribution >= 0.6 is 0 Å². The van der Waals surface area contributed by atoms with Crippen molar-refractivity contribution >= 4 is 22.6 Å². The second kappa shape index (κ2) is 6.83. The van der Waals surface area contributed by atoms with Crippen molar-refractivity contribution in [2.45, 2.75) is 6.92 Å². The van der Waals surface area contributed by atoms with Crippen LogP contribution in [-0.4, -0.2) is 26.6 Å². The van der Waals surface area contributed by atoms with E-state index < -0.39 is 11.2 Å². The summed E-state index contributed by atoms with van der Waals surface area (Å²) in [5.41, 5.74) is -0.0732. The molecule has 0 saturated heterocycles. The number of aryl methyl sites for hydroxylation is 1. The fourth-order valence-corrected chi connectivity index (χ4v) is 2.65. The van der Waals surface area contributed by atoms with Crippen molar-refractivity contribution in [3.05, 3.63) is 62.9 Å². The normalized spacial score (nSPS) is 10.7. The number of carbonyl (C=O) groups excluding carboxylic acids is 1. The van der Waals surface area contributed by atoms with Crippen molar-refractivity contribution in [2.75, 3.05) is 11.9 Å². The Bertz CT molecular complexity index is 1100. The van der Waals surface area contributed by atoms with Crippen LogP contribution in [0.1, 0.15) is 17.3 Å². The molecule has 2 heterocycles. The predicted molar refractivity (Wildman–Crippen MR) is 97.8 cm³/mol. The van der Waals surface area contributed by atoms with Crippen LogP contribution in [0.25, 0.3) is 11.0 Å². The van der Waals surface area contributed by atoms with Crippen molar-refractivity contribution in [1.29, 1.82) is 0 Å². The Labute approximate surface area is 148 Å². The lowest BCUT2D eigenvalue weighted by molar-refractivity contribution is 0.102. The highest BCUT2D eigenvalue weighted by molar-refractivity contribution is 6.08. The number of nitrogens with one attached hydrogen (secondary N) is 1. The van der Waals surface area contributed by atoms with Gasteiger partial charge in [-0.25, -0.2) is 9.78 Å². The molecule has 0 saturated carbocycles. The first-order valence-electron chi connectivity index (χ1n) is 8.03. The van der Waals surface area contributed by atoms with Gasteiger partial charge in [-0.1, -0.05) is 0 Å². The van der Waals surface area contributed by atoms with Crippen LogP contribution in [0.2, 0.25) is 0 Å². The lowest BCUT2D eigenvalue weighted by Crippen LogP contribution is -2.37. The van der Waals surface area contributed by atoms with Crippen LogP contribution in [0, 0.1) is 0 Å². The Morgan fingerprint density at radius 2 is 1.81 bits per heavy atom. The molecule has 1 N–H and O–H groups in total. The number of anilines is 1. The van der Waals surface area contributed by atoms with Crippen LogP contribution in [0.3, 0.4) is 0 Å². The van der Waals surface area contributed by atoms with Gasteiger partial charge in [0.05, 0.1) is 12.3 Å². The van der Waals surface area contributed by atoms with E-state index in [0.717, 1.165) is 4.57 Å². The van der Waals surface area contributed by atoms with Gasteiger partial charge in [0.25, 0.3) is 11.5 Å². The van der Waals surface area contributed by atoms with E-state index in [9.17, 15) is 14.4 Å². The number of hydrogen-bond donors (Lipinski definition) is 1. The Morgan fingerprint density at radius 3 is 2.46 bits per heavy atom. The molecule has 8 heteroatoms. The van der Waals surface area contributed by atoms with Gasteiger partial charge in [-0.3, -0.25) is 18.7 Å². The summed E-state index contributed by atoms with van der Waals surface area (Å²) in [5, 5.41) is 2.90. The zero-order valence-corrected chi connectivity index (χ0v) is 14.6. The van der Waals surface area contributed by atoms with Crippen molar-refractivity contribution in [1.82, 2.24) is 14.1 Å². The maximum Gasteiger partial charge on any atom is 0.332 e. The third-order valence-corrected chi connectivity index (χ3v) is 4.02. The molecule has 3 aromatic rings. The van der Waals surface area contributed by atoms with Gasteiger partial charge in [0.15, 0.2) is 5.65 Å². The summed E-state index contributed by atoms with van der Waals surface area (Å²) in [6.45, 7) is 2.42. The van der Waals surface area contributed by atoms with E-state index in [1.807, 2.05) is 6.92 Å². The maximum absolute atomic E-state index is 12.5. The lowest BCUT2D eigenvalue weighted by atomic mass is 10.2. The number of benzene rings is 1. The number of ether oxygens (including phenoxy) is 1. The summed E-state index contributed by atoms with van der Waals surface area (Å²) < 4.78 is 7.60. The SMILES string of the molecule is CCOc1ccc(C(=O)Nc2ccnc3c2c(=O)n(C)c(=O)n3C)cc1. The van der Waals surface area contributed by atoms with E-state index in [4.69, 9.17) is 4.74 Å². The molecule has 26 heavy (non-hydrogen) atoms. The quantitative estimate of drug-likeness (QED) is 0.762. The number of hydrogen-bond acceptors (Lipinski definition) is 5. The number of rotatable bonds is 4. The van der Waals surface area contributed by atoms with Crippen LogP contribution in [-0.2, 0) is 14.1 Å². The summed E-state index contributed by atoms with van der Waals surface area (Å²) in [7, 11) is 2.91. The number of carbonyl (C=O) groups is 1. The largest absolute Gasteiger partial charge is 0.494 e. The summed E-state index contributed by atoms with van der Waals surface area (Å²) in [5.74, 6) is 0.290. The highest BCUT2D eigenvalue weighted by Gasteiger charge is 2.15. The average molecular weight is 354 g/mol. The van der Waals surface area contributed by atoms with Crippen LogP contribution in [0.15, 0.2) is 46.1 Å². The first-order chi connectivity index (χ1) is 12.4. The van der Waals surface area contributed by atoms with E-state index in [1.54, 1.807) is 24.3 Å². The van der Waals surface area contributed by atoms with E-state index in [2.05, 4.69) is 10.3 Å². The van der Waals surface area contributed by atoms with Crippen molar-refractivity contribution in [3.8, 4) is 5.75 Å². The fraction of sp³-hybridized carbons (Fsp3) is 0.222. The average Bonchev–Trinajstić information content (AvgIpc) is 2.65. The van der Waals surface area contributed by atoms with Crippen molar-refractivity contribution < 1.29 is 9.53 Å². The molecule has 0 aliphatic heterocycles. The van der Waals surface area contributed by atoms with E-state index >= 15 is 0 Å². The number of amides is 1. The first kappa shape index (κ1) is 17.4. The van der Waals surface area contributed by atoms with Crippen molar-refractivity contribution in [2.24, 2.45) is 14.1 Å². The minimum Gasteiger partial charge on any atom is -0.494 e. The summed E-state index contributed by atoms with van der Waals surface area (Å²) in [6, 6.07) is 8.20. The van der Waals surface area contributed by atoms with E-state index in [1.165, 1.54) is 30.9 Å². The molecule has 0 fully saturated rings. The second-order valence-corrected chi connectivity index (χ2v) is 5.67. The molecule has 0 aliphatic rings. The molecule has 0 spiro atoms. The number of pyridine rings is 1. The zero-order chi connectivity index (χ0) is 18.8. The minimum absolute atomic E-state index is 0.177. The Morgan fingerprint density at radius 1 is 1.12 bits per heavy atom. The molecule has 0 radical (unpaired) electrons. The Balaban J connectivity index is 2.02. The third kappa shape index (κ3) is 2.97. The van der Waals surface area contributed by atoms with Gasteiger partial charge in [0.1, 0.15) is 11.1 Å². The van der Waals surface area contributed by atoms with Gasteiger partial charge < -0.3 is 10.1 Å². The molecular weight excluding hydrogens is 336 g/mol. The molecule has 8 nitrogen and oxygen atoms in total. The molecule has 0 unspecified atom stereocenters. The van der Waals surface area contributed by atoms with Gasteiger partial charge in [-0.2, -0.15) is 0 Å². The molecule has 0 bridgehead atoms. The van der Waals surface area contributed by atoms with E-state index in [0.29, 0.717) is 23.6 Å². The third-order valence-electron chi connectivity index (χ3n) is 4.02. The predicted octanol–water partition coefficient (Wildman–Crippen LogP) is 1.28. The van der Waals surface area contributed by atoms with Crippen LogP contribution in [0.4, 0.5) is 5.69 Å². The molecule has 3 rings (SSSR count). The molecule has 1 amide bonds. The maximum atomic E-state index is 12.5. The second-order valence-electron chi connectivity index (χ2n) is 5.67. The molecular formula is C18H18N4O4. The van der Waals surface area contributed by atoms with Gasteiger partial charge in [0.2, 0.25) is 0 Å². The molecule has 2 aromatic heterocycles. The topological polar surface area (TPSA) is 95.2 Å². The zero-order valence-electron chi connectivity index (χ0n) is 14.6. The van der Waals surface area contributed by atoms with Gasteiger partial charge >= 0.3 is 5.69 Å². The fourth-order valence-electron chi connectivity index (χ4n) is 2.65. The highest BCUT2D eigenvalue weighted by Crippen LogP contribution is 2.18. The number of nitrogens with zero attached hydrogens (tertiary/aromatic N) is 3. The highest BCUT2D eigenvalue weighted by atomic mass is 16.5.